The third kappa shape index (κ3) is 3.41. The molecule has 102 valence electrons. The molecule has 0 atom stereocenters. The minimum absolute atomic E-state index is 0.582. The van der Waals surface area contributed by atoms with Crippen LogP contribution in [0, 0.1) is 0 Å². The maximum atomic E-state index is 6.31. The largest absolute Gasteiger partial charge is 0.493 e. The normalized spacial score (nSPS) is 10.5. The molecule has 0 bridgehead atoms. The van der Waals surface area contributed by atoms with Crippen LogP contribution in [0.5, 0.6) is 11.5 Å². The third-order valence-electron chi connectivity index (χ3n) is 2.79. The van der Waals surface area contributed by atoms with Gasteiger partial charge in [-0.15, -0.1) is 0 Å². The van der Waals surface area contributed by atoms with Crippen molar-refractivity contribution in [1.82, 2.24) is 5.32 Å². The van der Waals surface area contributed by atoms with Gasteiger partial charge in [0.15, 0.2) is 11.5 Å². The number of methoxy groups -OCH3 is 2. The first-order valence-electron chi connectivity index (χ1n) is 5.87. The Kier molecular flexibility index (Phi) is 5.07. The number of hydrogen-bond donors (Lipinski definition) is 1. The van der Waals surface area contributed by atoms with Crippen molar-refractivity contribution in [3.05, 3.63) is 45.1 Å². The van der Waals surface area contributed by atoms with Crippen molar-refractivity contribution in [3.63, 3.8) is 0 Å². The second kappa shape index (κ2) is 6.80. The fourth-order valence-electron chi connectivity index (χ4n) is 1.80. The van der Waals surface area contributed by atoms with E-state index in [-0.39, 0.29) is 0 Å². The minimum atomic E-state index is 0.582. The molecule has 1 aromatic heterocycles. The van der Waals surface area contributed by atoms with Crippen LogP contribution in [0.15, 0.2) is 29.0 Å². The van der Waals surface area contributed by atoms with Crippen molar-refractivity contribution >= 4 is 22.9 Å². The number of halogens is 1. The van der Waals surface area contributed by atoms with Crippen LogP contribution in [0.2, 0.25) is 5.02 Å². The molecule has 0 amide bonds. The molecule has 0 aliphatic heterocycles. The van der Waals surface area contributed by atoms with E-state index in [0.717, 1.165) is 12.1 Å². The molecule has 0 saturated carbocycles. The van der Waals surface area contributed by atoms with E-state index < -0.39 is 0 Å². The maximum absolute atomic E-state index is 6.31. The lowest BCUT2D eigenvalue weighted by Crippen LogP contribution is -2.12. The molecular formula is C14H16ClNO2S. The molecule has 2 rings (SSSR count). The SMILES string of the molecule is COc1ccc(CNCc2ccsc2)c(Cl)c1OC. The third-order valence-corrected chi connectivity index (χ3v) is 3.94. The van der Waals surface area contributed by atoms with Crippen molar-refractivity contribution in [3.8, 4) is 11.5 Å². The molecule has 0 saturated heterocycles. The number of benzene rings is 1. The smallest absolute Gasteiger partial charge is 0.179 e. The summed E-state index contributed by atoms with van der Waals surface area (Å²) >= 11 is 8.01. The van der Waals surface area contributed by atoms with E-state index in [2.05, 4.69) is 22.1 Å². The highest BCUT2D eigenvalue weighted by Gasteiger charge is 2.12. The Morgan fingerprint density at radius 3 is 2.63 bits per heavy atom. The zero-order valence-corrected chi connectivity index (χ0v) is 12.5. The van der Waals surface area contributed by atoms with E-state index in [1.165, 1.54) is 5.56 Å². The van der Waals surface area contributed by atoms with Crippen molar-refractivity contribution in [2.45, 2.75) is 13.1 Å². The second-order valence-electron chi connectivity index (χ2n) is 4.01. The fraction of sp³-hybridized carbons (Fsp3) is 0.286. The highest BCUT2D eigenvalue weighted by molar-refractivity contribution is 7.07. The lowest BCUT2D eigenvalue weighted by molar-refractivity contribution is 0.354. The highest BCUT2D eigenvalue weighted by Crippen LogP contribution is 2.37. The van der Waals surface area contributed by atoms with Crippen LogP contribution in [-0.2, 0) is 13.1 Å². The van der Waals surface area contributed by atoms with E-state index in [0.29, 0.717) is 23.1 Å². The first kappa shape index (κ1) is 14.2. The molecule has 1 N–H and O–H groups in total. The van der Waals surface area contributed by atoms with E-state index in [9.17, 15) is 0 Å². The Bertz CT molecular complexity index is 528. The summed E-state index contributed by atoms with van der Waals surface area (Å²) in [5.41, 5.74) is 2.27. The Labute approximate surface area is 122 Å². The molecule has 0 spiro atoms. The van der Waals surface area contributed by atoms with Gasteiger partial charge >= 0.3 is 0 Å². The van der Waals surface area contributed by atoms with Crippen LogP contribution >= 0.6 is 22.9 Å². The Morgan fingerprint density at radius 2 is 2.00 bits per heavy atom. The van der Waals surface area contributed by atoms with Crippen LogP contribution in [0.4, 0.5) is 0 Å². The standard InChI is InChI=1S/C14H16ClNO2S/c1-17-12-4-3-11(13(15)14(12)18-2)8-16-7-10-5-6-19-9-10/h3-6,9,16H,7-8H2,1-2H3. The number of thiophene rings is 1. The quantitative estimate of drug-likeness (QED) is 0.882. The molecule has 1 heterocycles. The van der Waals surface area contributed by atoms with Crippen molar-refractivity contribution < 1.29 is 9.47 Å². The van der Waals surface area contributed by atoms with Crippen LogP contribution in [-0.4, -0.2) is 14.2 Å². The molecule has 0 fully saturated rings. The van der Waals surface area contributed by atoms with Gasteiger partial charge < -0.3 is 14.8 Å². The lowest BCUT2D eigenvalue weighted by Gasteiger charge is -2.13. The van der Waals surface area contributed by atoms with E-state index in [1.54, 1.807) is 25.6 Å². The predicted octanol–water partition coefficient (Wildman–Crippen LogP) is 3.71. The van der Waals surface area contributed by atoms with Gasteiger partial charge in [-0.3, -0.25) is 0 Å². The van der Waals surface area contributed by atoms with Crippen LogP contribution in [0.25, 0.3) is 0 Å². The molecular weight excluding hydrogens is 282 g/mol. The minimum Gasteiger partial charge on any atom is -0.493 e. The molecule has 0 radical (unpaired) electrons. The number of hydrogen-bond acceptors (Lipinski definition) is 4. The lowest BCUT2D eigenvalue weighted by atomic mass is 10.2. The van der Waals surface area contributed by atoms with Gasteiger partial charge in [-0.1, -0.05) is 17.7 Å². The summed E-state index contributed by atoms with van der Waals surface area (Å²) in [5, 5.41) is 8.15. The van der Waals surface area contributed by atoms with Gasteiger partial charge in [0.2, 0.25) is 0 Å². The summed E-state index contributed by atoms with van der Waals surface area (Å²) in [6.07, 6.45) is 0. The van der Waals surface area contributed by atoms with E-state index in [4.69, 9.17) is 21.1 Å². The van der Waals surface area contributed by atoms with Crippen molar-refractivity contribution in [2.24, 2.45) is 0 Å². The van der Waals surface area contributed by atoms with Gasteiger partial charge in [0.05, 0.1) is 19.2 Å². The zero-order chi connectivity index (χ0) is 13.7. The van der Waals surface area contributed by atoms with E-state index >= 15 is 0 Å². The molecule has 0 aliphatic carbocycles. The average Bonchev–Trinajstić information content (AvgIpc) is 2.93. The molecule has 2 aromatic rings. The van der Waals surface area contributed by atoms with Crippen LogP contribution in [0.1, 0.15) is 11.1 Å². The Morgan fingerprint density at radius 1 is 1.16 bits per heavy atom. The first-order chi connectivity index (χ1) is 9.26. The van der Waals surface area contributed by atoms with Gasteiger partial charge in [0, 0.05) is 13.1 Å². The maximum Gasteiger partial charge on any atom is 0.179 e. The monoisotopic (exact) mass is 297 g/mol. The van der Waals surface area contributed by atoms with Gasteiger partial charge in [0.25, 0.3) is 0 Å². The topological polar surface area (TPSA) is 30.5 Å². The highest BCUT2D eigenvalue weighted by atomic mass is 35.5. The first-order valence-corrected chi connectivity index (χ1v) is 7.19. The van der Waals surface area contributed by atoms with Gasteiger partial charge in [0.1, 0.15) is 0 Å². The van der Waals surface area contributed by atoms with Crippen molar-refractivity contribution in [1.29, 1.82) is 0 Å². The Hall–Kier alpha value is -1.23. The molecule has 19 heavy (non-hydrogen) atoms. The molecule has 0 unspecified atom stereocenters. The van der Waals surface area contributed by atoms with Crippen LogP contribution < -0.4 is 14.8 Å². The number of rotatable bonds is 6. The summed E-state index contributed by atoms with van der Waals surface area (Å²) < 4.78 is 10.5. The summed E-state index contributed by atoms with van der Waals surface area (Å²) in [6, 6.07) is 5.92. The van der Waals surface area contributed by atoms with Gasteiger partial charge in [-0.25, -0.2) is 0 Å². The molecule has 3 nitrogen and oxygen atoms in total. The summed E-state index contributed by atoms with van der Waals surface area (Å²) in [4.78, 5) is 0. The second-order valence-corrected chi connectivity index (χ2v) is 5.17. The summed E-state index contributed by atoms with van der Waals surface area (Å²) in [5.74, 6) is 1.23. The molecule has 5 heteroatoms. The van der Waals surface area contributed by atoms with Gasteiger partial charge in [-0.05, 0) is 34.0 Å². The van der Waals surface area contributed by atoms with Gasteiger partial charge in [-0.2, -0.15) is 11.3 Å². The fourth-order valence-corrected chi connectivity index (χ4v) is 2.77. The summed E-state index contributed by atoms with van der Waals surface area (Å²) in [6.45, 7) is 1.52. The number of ether oxygens (including phenoxy) is 2. The van der Waals surface area contributed by atoms with E-state index in [1.807, 2.05) is 12.1 Å². The van der Waals surface area contributed by atoms with Crippen molar-refractivity contribution in [2.75, 3.05) is 14.2 Å². The average molecular weight is 298 g/mol. The van der Waals surface area contributed by atoms with Crippen LogP contribution in [0.3, 0.4) is 0 Å². The number of nitrogens with one attached hydrogen (secondary N) is 1. The predicted molar refractivity (Wildman–Crippen MR) is 79.4 cm³/mol. The Balaban J connectivity index is 2.04. The zero-order valence-electron chi connectivity index (χ0n) is 10.9. The molecule has 0 aliphatic rings. The summed E-state index contributed by atoms with van der Waals surface area (Å²) in [7, 11) is 3.19. The molecule has 1 aromatic carbocycles.